The SMILES string of the molecule is CCOc1cccc(C(=O)C2CC3COCC(C2)N3Cc2ccccc2)c1. The van der Waals surface area contributed by atoms with Crippen molar-refractivity contribution in [3.8, 4) is 5.75 Å². The molecule has 4 nitrogen and oxygen atoms in total. The highest BCUT2D eigenvalue weighted by molar-refractivity contribution is 5.98. The van der Waals surface area contributed by atoms with Crippen LogP contribution in [0.1, 0.15) is 35.7 Å². The first-order chi connectivity index (χ1) is 13.2. The van der Waals surface area contributed by atoms with Gasteiger partial charge in [-0.2, -0.15) is 0 Å². The van der Waals surface area contributed by atoms with Crippen molar-refractivity contribution in [2.75, 3.05) is 19.8 Å². The van der Waals surface area contributed by atoms with Crippen LogP contribution in [0.15, 0.2) is 54.6 Å². The average Bonchev–Trinajstić information content (AvgIpc) is 2.68. The summed E-state index contributed by atoms with van der Waals surface area (Å²) in [7, 11) is 0. The van der Waals surface area contributed by atoms with E-state index in [9.17, 15) is 4.79 Å². The summed E-state index contributed by atoms with van der Waals surface area (Å²) in [5.74, 6) is 1.08. The highest BCUT2D eigenvalue weighted by Crippen LogP contribution is 2.35. The van der Waals surface area contributed by atoms with Gasteiger partial charge in [-0.25, -0.2) is 0 Å². The summed E-state index contributed by atoms with van der Waals surface area (Å²) in [5, 5.41) is 0. The molecule has 2 heterocycles. The monoisotopic (exact) mass is 365 g/mol. The number of piperidine rings is 1. The molecule has 0 radical (unpaired) electrons. The van der Waals surface area contributed by atoms with Crippen molar-refractivity contribution < 1.29 is 14.3 Å². The predicted octanol–water partition coefficient (Wildman–Crippen LogP) is 3.95. The first-order valence-corrected chi connectivity index (χ1v) is 9.89. The van der Waals surface area contributed by atoms with Gasteiger partial charge < -0.3 is 9.47 Å². The average molecular weight is 365 g/mol. The number of ether oxygens (including phenoxy) is 2. The molecule has 4 heteroatoms. The molecule has 0 N–H and O–H groups in total. The number of hydrogen-bond acceptors (Lipinski definition) is 4. The van der Waals surface area contributed by atoms with E-state index < -0.39 is 0 Å². The number of fused-ring (bicyclic) bond motifs is 2. The Morgan fingerprint density at radius 3 is 2.52 bits per heavy atom. The van der Waals surface area contributed by atoms with Crippen LogP contribution in [0.5, 0.6) is 5.75 Å². The van der Waals surface area contributed by atoms with Gasteiger partial charge >= 0.3 is 0 Å². The Hall–Kier alpha value is -2.17. The summed E-state index contributed by atoms with van der Waals surface area (Å²) in [6.07, 6.45) is 1.72. The van der Waals surface area contributed by atoms with Gasteiger partial charge in [-0.05, 0) is 37.5 Å². The number of benzene rings is 2. The van der Waals surface area contributed by atoms with Crippen molar-refractivity contribution in [3.63, 3.8) is 0 Å². The number of nitrogens with zero attached hydrogens (tertiary/aromatic N) is 1. The molecule has 2 fully saturated rings. The zero-order valence-corrected chi connectivity index (χ0v) is 15.8. The maximum Gasteiger partial charge on any atom is 0.166 e. The lowest BCUT2D eigenvalue weighted by Gasteiger charge is -2.48. The maximum absolute atomic E-state index is 13.1. The lowest BCUT2D eigenvalue weighted by Crippen LogP contribution is -2.57. The lowest BCUT2D eigenvalue weighted by atomic mass is 9.80. The van der Waals surface area contributed by atoms with E-state index in [-0.39, 0.29) is 11.7 Å². The second-order valence-electron chi connectivity index (χ2n) is 7.50. The molecule has 0 aliphatic carbocycles. The van der Waals surface area contributed by atoms with Crippen molar-refractivity contribution in [1.82, 2.24) is 4.90 Å². The summed E-state index contributed by atoms with van der Waals surface area (Å²) in [5.41, 5.74) is 2.09. The van der Waals surface area contributed by atoms with E-state index in [1.165, 1.54) is 5.56 Å². The van der Waals surface area contributed by atoms with Crippen LogP contribution in [0.4, 0.5) is 0 Å². The molecule has 0 aromatic heterocycles. The smallest absolute Gasteiger partial charge is 0.166 e. The summed E-state index contributed by atoms with van der Waals surface area (Å²) in [6, 6.07) is 18.8. The van der Waals surface area contributed by atoms with Crippen LogP contribution in [-0.2, 0) is 11.3 Å². The van der Waals surface area contributed by atoms with Gasteiger partial charge in [0, 0.05) is 30.1 Å². The number of morpholine rings is 1. The summed E-state index contributed by atoms with van der Waals surface area (Å²) >= 11 is 0. The van der Waals surface area contributed by atoms with Gasteiger partial charge in [0.1, 0.15) is 5.75 Å². The molecule has 2 bridgehead atoms. The lowest BCUT2D eigenvalue weighted by molar-refractivity contribution is -0.0872. The summed E-state index contributed by atoms with van der Waals surface area (Å²) in [4.78, 5) is 15.7. The van der Waals surface area contributed by atoms with E-state index in [0.29, 0.717) is 31.9 Å². The molecule has 2 aromatic rings. The van der Waals surface area contributed by atoms with Crippen LogP contribution < -0.4 is 4.74 Å². The number of ketones is 1. The third-order valence-electron chi connectivity index (χ3n) is 5.68. The Morgan fingerprint density at radius 2 is 1.81 bits per heavy atom. The molecule has 2 aliphatic rings. The van der Waals surface area contributed by atoms with Crippen molar-refractivity contribution >= 4 is 5.78 Å². The number of carbonyl (C=O) groups excluding carboxylic acids is 1. The van der Waals surface area contributed by atoms with Crippen LogP contribution in [0.3, 0.4) is 0 Å². The normalized spacial score (nSPS) is 25.1. The van der Waals surface area contributed by atoms with E-state index >= 15 is 0 Å². The van der Waals surface area contributed by atoms with Gasteiger partial charge in [0.2, 0.25) is 0 Å². The maximum atomic E-state index is 13.1. The molecule has 2 atom stereocenters. The highest BCUT2D eigenvalue weighted by Gasteiger charge is 2.41. The Morgan fingerprint density at radius 1 is 1.07 bits per heavy atom. The molecule has 2 unspecified atom stereocenters. The van der Waals surface area contributed by atoms with Crippen molar-refractivity contribution in [1.29, 1.82) is 0 Å². The molecular weight excluding hydrogens is 338 g/mol. The largest absolute Gasteiger partial charge is 0.494 e. The second-order valence-corrected chi connectivity index (χ2v) is 7.50. The van der Waals surface area contributed by atoms with Gasteiger partial charge in [-0.1, -0.05) is 42.5 Å². The van der Waals surface area contributed by atoms with Crippen molar-refractivity contribution in [2.45, 2.75) is 38.4 Å². The molecule has 4 rings (SSSR count). The molecule has 142 valence electrons. The predicted molar refractivity (Wildman–Crippen MR) is 105 cm³/mol. The van der Waals surface area contributed by atoms with Gasteiger partial charge in [-0.15, -0.1) is 0 Å². The Kier molecular flexibility index (Phi) is 5.55. The van der Waals surface area contributed by atoms with Gasteiger partial charge in [0.15, 0.2) is 5.78 Å². The van der Waals surface area contributed by atoms with Crippen LogP contribution in [0.25, 0.3) is 0 Å². The molecule has 0 spiro atoms. The van der Waals surface area contributed by atoms with E-state index in [1.807, 2.05) is 31.2 Å². The standard InChI is InChI=1S/C23H27NO3/c1-2-27-22-10-6-9-18(13-22)23(25)19-11-20-15-26-16-21(12-19)24(20)14-17-7-4-3-5-8-17/h3-10,13,19-21H,2,11-12,14-16H2,1H3. The molecule has 2 saturated heterocycles. The number of hydrogen-bond donors (Lipinski definition) is 0. The Labute approximate surface area is 161 Å². The van der Waals surface area contributed by atoms with Crippen LogP contribution in [0, 0.1) is 5.92 Å². The molecule has 2 aliphatic heterocycles. The fraction of sp³-hybridized carbons (Fsp3) is 0.435. The fourth-order valence-electron chi connectivity index (χ4n) is 4.40. The summed E-state index contributed by atoms with van der Waals surface area (Å²) in [6.45, 7) is 4.92. The minimum atomic E-state index is 0.0628. The van der Waals surface area contributed by atoms with E-state index in [4.69, 9.17) is 9.47 Å². The highest BCUT2D eigenvalue weighted by atomic mass is 16.5. The van der Waals surface area contributed by atoms with Crippen molar-refractivity contribution in [3.05, 3.63) is 65.7 Å². The first-order valence-electron chi connectivity index (χ1n) is 9.89. The summed E-state index contributed by atoms with van der Waals surface area (Å²) < 4.78 is 11.4. The topological polar surface area (TPSA) is 38.8 Å². The molecule has 27 heavy (non-hydrogen) atoms. The molecule has 0 saturated carbocycles. The van der Waals surface area contributed by atoms with Crippen molar-refractivity contribution in [2.24, 2.45) is 5.92 Å². The number of carbonyl (C=O) groups is 1. The first kappa shape index (κ1) is 18.2. The van der Waals surface area contributed by atoms with E-state index in [0.717, 1.165) is 30.7 Å². The van der Waals surface area contributed by atoms with Gasteiger partial charge in [0.05, 0.1) is 19.8 Å². The Bertz CT molecular complexity index is 762. The van der Waals surface area contributed by atoms with Crippen LogP contribution >= 0.6 is 0 Å². The van der Waals surface area contributed by atoms with Crippen LogP contribution in [-0.4, -0.2) is 42.6 Å². The second kappa shape index (κ2) is 8.24. The minimum absolute atomic E-state index is 0.0628. The molecular formula is C23H27NO3. The zero-order valence-electron chi connectivity index (χ0n) is 15.8. The van der Waals surface area contributed by atoms with Crippen LogP contribution in [0.2, 0.25) is 0 Å². The third-order valence-corrected chi connectivity index (χ3v) is 5.68. The van der Waals surface area contributed by atoms with Gasteiger partial charge in [0.25, 0.3) is 0 Å². The third kappa shape index (κ3) is 4.07. The van der Waals surface area contributed by atoms with E-state index in [2.05, 4.69) is 35.2 Å². The molecule has 2 aromatic carbocycles. The fourth-order valence-corrected chi connectivity index (χ4v) is 4.40. The van der Waals surface area contributed by atoms with Gasteiger partial charge in [-0.3, -0.25) is 9.69 Å². The quantitative estimate of drug-likeness (QED) is 0.727. The Balaban J connectivity index is 1.48. The minimum Gasteiger partial charge on any atom is -0.494 e. The zero-order chi connectivity index (χ0) is 18.6. The number of Topliss-reactive ketones (excluding diaryl/α,β-unsaturated/α-hetero) is 1. The molecule has 0 amide bonds. The number of rotatable bonds is 6. The van der Waals surface area contributed by atoms with E-state index in [1.54, 1.807) is 0 Å².